The van der Waals surface area contributed by atoms with Gasteiger partial charge in [0, 0.05) is 18.3 Å². The minimum Gasteiger partial charge on any atom is -0.389 e. The lowest BCUT2D eigenvalue weighted by molar-refractivity contribution is 0.198. The van der Waals surface area contributed by atoms with E-state index in [-0.39, 0.29) is 0 Å². The second-order valence-corrected chi connectivity index (χ2v) is 3.11. The van der Waals surface area contributed by atoms with Crippen molar-refractivity contribution in [3.8, 4) is 0 Å². The molecule has 0 fully saturated rings. The molecule has 0 bridgehead atoms. The van der Waals surface area contributed by atoms with Gasteiger partial charge in [-0.05, 0) is 20.3 Å². The van der Waals surface area contributed by atoms with Crippen LogP contribution in [-0.4, -0.2) is 14.9 Å². The smallest absolute Gasteiger partial charge is 0.0795 e. The molecule has 3 nitrogen and oxygen atoms in total. The van der Waals surface area contributed by atoms with Gasteiger partial charge in [-0.25, -0.2) is 0 Å². The molecule has 1 unspecified atom stereocenters. The maximum atomic E-state index is 9.33. The number of hydrogen-bond acceptors (Lipinski definition) is 2. The molecule has 1 heterocycles. The Morgan fingerprint density at radius 2 is 2.33 bits per heavy atom. The van der Waals surface area contributed by atoms with Crippen LogP contribution >= 0.6 is 0 Å². The lowest BCUT2D eigenvalue weighted by Crippen LogP contribution is -1.96. The van der Waals surface area contributed by atoms with Gasteiger partial charge in [-0.2, -0.15) is 5.10 Å². The van der Waals surface area contributed by atoms with Gasteiger partial charge in [0.2, 0.25) is 0 Å². The monoisotopic (exact) mass is 168 g/mol. The molecule has 3 heteroatoms. The minimum absolute atomic E-state index is 0.407. The Bertz CT molecular complexity index is 253. The number of hydrogen-bond donors (Lipinski definition) is 1. The van der Waals surface area contributed by atoms with Crippen molar-refractivity contribution in [2.75, 3.05) is 0 Å². The molecular formula is C9H16N2O. The van der Waals surface area contributed by atoms with E-state index in [2.05, 4.69) is 12.0 Å². The van der Waals surface area contributed by atoms with Crippen molar-refractivity contribution in [1.82, 2.24) is 9.78 Å². The lowest BCUT2D eigenvalue weighted by atomic mass is 10.2. The van der Waals surface area contributed by atoms with Gasteiger partial charge in [0.15, 0.2) is 0 Å². The van der Waals surface area contributed by atoms with Crippen LogP contribution in [0.4, 0.5) is 0 Å². The molecule has 0 saturated heterocycles. The van der Waals surface area contributed by atoms with E-state index in [1.165, 1.54) is 0 Å². The molecular weight excluding hydrogens is 152 g/mol. The zero-order valence-electron chi connectivity index (χ0n) is 7.91. The van der Waals surface area contributed by atoms with Crippen LogP contribution in [0.5, 0.6) is 0 Å². The molecule has 0 radical (unpaired) electrons. The molecule has 0 aliphatic rings. The number of aromatic nitrogens is 2. The maximum Gasteiger partial charge on any atom is 0.0795 e. The van der Waals surface area contributed by atoms with Gasteiger partial charge in [0.25, 0.3) is 0 Å². The topological polar surface area (TPSA) is 38.0 Å². The van der Waals surface area contributed by atoms with Crippen LogP contribution in [0, 0.1) is 6.92 Å². The summed E-state index contributed by atoms with van der Waals surface area (Å²) in [6.45, 7) is 6.72. The Morgan fingerprint density at radius 1 is 1.67 bits per heavy atom. The molecule has 1 N–H and O–H groups in total. The average molecular weight is 168 g/mol. The molecule has 0 spiro atoms. The second-order valence-electron chi connectivity index (χ2n) is 3.11. The first kappa shape index (κ1) is 9.26. The van der Waals surface area contributed by atoms with Crippen LogP contribution < -0.4 is 0 Å². The summed E-state index contributed by atoms with van der Waals surface area (Å²) in [4.78, 5) is 0. The van der Waals surface area contributed by atoms with E-state index in [1.807, 2.05) is 17.8 Å². The van der Waals surface area contributed by atoms with Gasteiger partial charge in [-0.3, -0.25) is 4.68 Å². The first-order valence-electron chi connectivity index (χ1n) is 4.37. The van der Waals surface area contributed by atoms with Crippen LogP contribution in [-0.2, 0) is 6.54 Å². The van der Waals surface area contributed by atoms with Crippen molar-refractivity contribution >= 4 is 0 Å². The fourth-order valence-corrected chi connectivity index (χ4v) is 1.29. The van der Waals surface area contributed by atoms with Crippen molar-refractivity contribution in [2.24, 2.45) is 0 Å². The van der Waals surface area contributed by atoms with E-state index >= 15 is 0 Å². The van der Waals surface area contributed by atoms with Crippen molar-refractivity contribution in [1.29, 1.82) is 0 Å². The Morgan fingerprint density at radius 3 is 2.75 bits per heavy atom. The first-order chi connectivity index (χ1) is 5.65. The molecule has 1 atom stereocenters. The number of aliphatic hydroxyl groups is 1. The summed E-state index contributed by atoms with van der Waals surface area (Å²) in [7, 11) is 0. The fourth-order valence-electron chi connectivity index (χ4n) is 1.29. The average Bonchev–Trinajstić information content (AvgIpc) is 2.32. The Balaban J connectivity index is 2.85. The standard InChI is InChI=1S/C9H16N2O/c1-4-5-11-6-9(8(3)12)7(2)10-11/h6,8,12H,4-5H2,1-3H3. The maximum absolute atomic E-state index is 9.33. The van der Waals surface area contributed by atoms with Crippen molar-refractivity contribution in [3.63, 3.8) is 0 Å². The van der Waals surface area contributed by atoms with E-state index in [0.717, 1.165) is 24.2 Å². The number of rotatable bonds is 3. The van der Waals surface area contributed by atoms with Crippen LogP contribution in [0.3, 0.4) is 0 Å². The van der Waals surface area contributed by atoms with Crippen LogP contribution in [0.1, 0.15) is 37.6 Å². The molecule has 1 aromatic heterocycles. The summed E-state index contributed by atoms with van der Waals surface area (Å²) in [6, 6.07) is 0. The van der Waals surface area contributed by atoms with E-state index in [4.69, 9.17) is 0 Å². The summed E-state index contributed by atoms with van der Waals surface area (Å²) in [5.74, 6) is 0. The summed E-state index contributed by atoms with van der Waals surface area (Å²) >= 11 is 0. The van der Waals surface area contributed by atoms with Gasteiger partial charge >= 0.3 is 0 Å². The summed E-state index contributed by atoms with van der Waals surface area (Å²) in [6.07, 6.45) is 2.58. The van der Waals surface area contributed by atoms with Crippen molar-refractivity contribution in [2.45, 2.75) is 39.8 Å². The van der Waals surface area contributed by atoms with E-state index in [9.17, 15) is 5.11 Å². The van der Waals surface area contributed by atoms with Crippen LogP contribution in [0.25, 0.3) is 0 Å². The van der Waals surface area contributed by atoms with Crippen molar-refractivity contribution < 1.29 is 5.11 Å². The Kier molecular flexibility index (Phi) is 2.87. The van der Waals surface area contributed by atoms with E-state index in [1.54, 1.807) is 6.92 Å². The van der Waals surface area contributed by atoms with Gasteiger partial charge in [-0.15, -0.1) is 0 Å². The van der Waals surface area contributed by atoms with Gasteiger partial charge in [0.05, 0.1) is 11.8 Å². The summed E-state index contributed by atoms with van der Waals surface area (Å²) in [5.41, 5.74) is 1.86. The highest BCUT2D eigenvalue weighted by Crippen LogP contribution is 2.15. The molecule has 0 aliphatic heterocycles. The highest BCUT2D eigenvalue weighted by molar-refractivity contribution is 5.17. The molecule has 68 valence electrons. The minimum atomic E-state index is -0.407. The highest BCUT2D eigenvalue weighted by Gasteiger charge is 2.08. The second kappa shape index (κ2) is 3.72. The number of aliphatic hydroxyl groups excluding tert-OH is 1. The van der Waals surface area contributed by atoms with Gasteiger partial charge in [-0.1, -0.05) is 6.92 Å². The fraction of sp³-hybridized carbons (Fsp3) is 0.667. The predicted octanol–water partition coefficient (Wildman–Crippen LogP) is 1.65. The van der Waals surface area contributed by atoms with E-state index < -0.39 is 6.10 Å². The summed E-state index contributed by atoms with van der Waals surface area (Å²) in [5, 5.41) is 13.6. The first-order valence-corrected chi connectivity index (χ1v) is 4.37. The third-order valence-electron chi connectivity index (χ3n) is 1.89. The molecule has 12 heavy (non-hydrogen) atoms. The molecule has 0 saturated carbocycles. The quantitative estimate of drug-likeness (QED) is 0.745. The van der Waals surface area contributed by atoms with Crippen molar-refractivity contribution in [3.05, 3.63) is 17.5 Å². The SMILES string of the molecule is CCCn1cc(C(C)O)c(C)n1. The highest BCUT2D eigenvalue weighted by atomic mass is 16.3. The van der Waals surface area contributed by atoms with Gasteiger partial charge < -0.3 is 5.11 Å². The molecule has 1 rings (SSSR count). The molecule has 0 aromatic carbocycles. The molecule has 0 amide bonds. The Hall–Kier alpha value is -0.830. The number of nitrogens with zero attached hydrogens (tertiary/aromatic N) is 2. The lowest BCUT2D eigenvalue weighted by Gasteiger charge is -1.99. The van der Waals surface area contributed by atoms with E-state index in [0.29, 0.717) is 0 Å². The zero-order chi connectivity index (χ0) is 9.14. The normalized spacial score (nSPS) is 13.3. The van der Waals surface area contributed by atoms with Crippen LogP contribution in [0.15, 0.2) is 6.20 Å². The zero-order valence-corrected chi connectivity index (χ0v) is 7.91. The molecule has 1 aromatic rings. The number of aryl methyl sites for hydroxylation is 2. The largest absolute Gasteiger partial charge is 0.389 e. The molecule has 0 aliphatic carbocycles. The van der Waals surface area contributed by atoms with Gasteiger partial charge in [0.1, 0.15) is 0 Å². The third kappa shape index (κ3) is 1.85. The predicted molar refractivity (Wildman–Crippen MR) is 47.9 cm³/mol. The van der Waals surface area contributed by atoms with Crippen LogP contribution in [0.2, 0.25) is 0 Å². The summed E-state index contributed by atoms with van der Waals surface area (Å²) < 4.78 is 1.89. The third-order valence-corrected chi connectivity index (χ3v) is 1.89. The Labute approximate surface area is 73.0 Å².